The minimum absolute atomic E-state index is 0.307. The lowest BCUT2D eigenvalue weighted by Gasteiger charge is -2.19. The Morgan fingerprint density at radius 2 is 1.72 bits per heavy atom. The number of thiazole rings is 1. The van der Waals surface area contributed by atoms with Gasteiger partial charge in [0.15, 0.2) is 11.2 Å². The standard InChI is InChI=1S/C27H16Br2ClFN2O2S/c28-18-5-1-17-12-21(9-4-16(17)11-18)35-25(15-2-6-19(30)7-3-15)24-14-32-27(36-24)33-26(34)22-10-8-20(31)13-23(22)29/h1-14,25H,(H,32,33,34). The summed E-state index contributed by atoms with van der Waals surface area (Å²) in [6.07, 6.45) is 1.20. The summed E-state index contributed by atoms with van der Waals surface area (Å²) in [5, 5.41) is 5.94. The van der Waals surface area contributed by atoms with Crippen molar-refractivity contribution in [2.24, 2.45) is 0 Å². The molecule has 5 aromatic rings. The minimum Gasteiger partial charge on any atom is -0.480 e. The van der Waals surface area contributed by atoms with Crippen LogP contribution in [0.3, 0.4) is 0 Å². The molecule has 0 spiro atoms. The number of aromatic nitrogens is 1. The molecule has 1 amide bonds. The first-order valence-corrected chi connectivity index (χ1v) is 13.5. The summed E-state index contributed by atoms with van der Waals surface area (Å²) in [6, 6.07) is 23.3. The number of hydrogen-bond donors (Lipinski definition) is 1. The molecule has 4 aromatic carbocycles. The molecule has 0 radical (unpaired) electrons. The first-order valence-electron chi connectivity index (χ1n) is 10.7. The third-order valence-corrected chi connectivity index (χ3v) is 7.74. The van der Waals surface area contributed by atoms with Crippen molar-refractivity contribution in [2.75, 3.05) is 5.32 Å². The number of hydrogen-bond acceptors (Lipinski definition) is 4. The third-order valence-electron chi connectivity index (χ3n) is 5.38. The van der Waals surface area contributed by atoms with Crippen molar-refractivity contribution in [3.05, 3.63) is 121 Å². The van der Waals surface area contributed by atoms with Gasteiger partial charge in [-0.15, -0.1) is 0 Å². The van der Waals surface area contributed by atoms with Crippen molar-refractivity contribution in [1.82, 2.24) is 4.98 Å². The van der Waals surface area contributed by atoms with E-state index < -0.39 is 17.8 Å². The molecule has 0 bridgehead atoms. The Labute approximate surface area is 232 Å². The van der Waals surface area contributed by atoms with Crippen molar-refractivity contribution in [2.45, 2.75) is 6.10 Å². The average molecular weight is 647 g/mol. The molecule has 0 saturated carbocycles. The zero-order chi connectivity index (χ0) is 25.2. The van der Waals surface area contributed by atoms with Gasteiger partial charge < -0.3 is 4.74 Å². The topological polar surface area (TPSA) is 51.2 Å². The molecule has 5 rings (SSSR count). The lowest BCUT2D eigenvalue weighted by molar-refractivity contribution is 0.102. The molecule has 36 heavy (non-hydrogen) atoms. The first kappa shape index (κ1) is 24.9. The Bertz CT molecular complexity index is 1580. The van der Waals surface area contributed by atoms with E-state index in [0.717, 1.165) is 25.7 Å². The largest absolute Gasteiger partial charge is 0.480 e. The first-order chi connectivity index (χ1) is 17.4. The molecule has 1 atom stereocenters. The number of fused-ring (bicyclic) bond motifs is 1. The van der Waals surface area contributed by atoms with E-state index in [0.29, 0.717) is 25.9 Å². The minimum atomic E-state index is -0.476. The van der Waals surface area contributed by atoms with Gasteiger partial charge in [0.1, 0.15) is 11.6 Å². The van der Waals surface area contributed by atoms with Gasteiger partial charge in [0, 0.05) is 20.2 Å². The Balaban J connectivity index is 1.44. The summed E-state index contributed by atoms with van der Waals surface area (Å²) in [5.41, 5.74) is 1.19. The maximum absolute atomic E-state index is 13.4. The number of benzene rings is 4. The maximum atomic E-state index is 13.4. The van der Waals surface area contributed by atoms with Gasteiger partial charge in [0.25, 0.3) is 5.91 Å². The molecule has 0 fully saturated rings. The second kappa shape index (κ2) is 10.7. The van der Waals surface area contributed by atoms with E-state index in [1.807, 2.05) is 48.5 Å². The molecular weight excluding hydrogens is 631 g/mol. The van der Waals surface area contributed by atoms with Crippen molar-refractivity contribution in [3.8, 4) is 5.75 Å². The smallest absolute Gasteiger partial charge is 0.258 e. The number of nitrogens with one attached hydrogen (secondary N) is 1. The zero-order valence-corrected chi connectivity index (χ0v) is 23.1. The fraction of sp³-hybridized carbons (Fsp3) is 0.0370. The van der Waals surface area contributed by atoms with E-state index in [1.54, 1.807) is 18.3 Å². The van der Waals surface area contributed by atoms with Crippen molar-refractivity contribution >= 4 is 76.6 Å². The van der Waals surface area contributed by atoms with Crippen molar-refractivity contribution in [3.63, 3.8) is 0 Å². The molecule has 9 heteroatoms. The predicted molar refractivity (Wildman–Crippen MR) is 150 cm³/mol. The van der Waals surface area contributed by atoms with Gasteiger partial charge in [-0.1, -0.05) is 63.1 Å². The Morgan fingerprint density at radius 1 is 0.972 bits per heavy atom. The number of amides is 1. The molecule has 1 unspecified atom stereocenters. The van der Waals surface area contributed by atoms with Crippen LogP contribution in [0.5, 0.6) is 5.75 Å². The monoisotopic (exact) mass is 644 g/mol. The summed E-state index contributed by atoms with van der Waals surface area (Å²) in [6.45, 7) is 0. The van der Waals surface area contributed by atoms with Gasteiger partial charge >= 0.3 is 0 Å². The number of anilines is 1. The van der Waals surface area contributed by atoms with E-state index in [4.69, 9.17) is 16.3 Å². The van der Waals surface area contributed by atoms with Crippen LogP contribution in [0.2, 0.25) is 5.02 Å². The highest BCUT2D eigenvalue weighted by Crippen LogP contribution is 2.35. The van der Waals surface area contributed by atoms with Crippen LogP contribution in [0.15, 0.2) is 94.0 Å². The molecule has 0 aliphatic carbocycles. The second-order valence-electron chi connectivity index (χ2n) is 7.85. The summed E-state index contributed by atoms with van der Waals surface area (Å²) in [4.78, 5) is 17.9. The van der Waals surface area contributed by atoms with E-state index in [2.05, 4.69) is 42.2 Å². The highest BCUT2D eigenvalue weighted by Gasteiger charge is 2.21. The van der Waals surface area contributed by atoms with E-state index in [9.17, 15) is 9.18 Å². The molecule has 180 valence electrons. The number of nitrogens with zero attached hydrogens (tertiary/aromatic N) is 1. The van der Waals surface area contributed by atoms with Gasteiger partial charge in [-0.25, -0.2) is 9.37 Å². The Hall–Kier alpha value is -2.78. The molecule has 0 aliphatic rings. The summed E-state index contributed by atoms with van der Waals surface area (Å²) < 4.78 is 21.2. The summed E-state index contributed by atoms with van der Waals surface area (Å²) >= 11 is 14.1. The van der Waals surface area contributed by atoms with Crippen LogP contribution in [0.1, 0.15) is 26.9 Å². The zero-order valence-electron chi connectivity index (χ0n) is 18.3. The number of ether oxygens (including phenoxy) is 1. The highest BCUT2D eigenvalue weighted by atomic mass is 79.9. The fourth-order valence-electron chi connectivity index (χ4n) is 3.64. The predicted octanol–water partition coefficient (Wildman–Crippen LogP) is 9.03. The van der Waals surface area contributed by atoms with Gasteiger partial charge in [-0.3, -0.25) is 10.1 Å². The van der Waals surface area contributed by atoms with Gasteiger partial charge in [-0.2, -0.15) is 0 Å². The summed E-state index contributed by atoms with van der Waals surface area (Å²) in [5.74, 6) is -0.134. The van der Waals surface area contributed by atoms with Crippen LogP contribution in [0.25, 0.3) is 10.8 Å². The number of carbonyl (C=O) groups is 1. The van der Waals surface area contributed by atoms with E-state index >= 15 is 0 Å². The normalized spacial score (nSPS) is 11.9. The van der Waals surface area contributed by atoms with Crippen LogP contribution in [0.4, 0.5) is 9.52 Å². The van der Waals surface area contributed by atoms with Crippen LogP contribution in [0, 0.1) is 5.82 Å². The molecule has 0 saturated heterocycles. The summed E-state index contributed by atoms with van der Waals surface area (Å²) in [7, 11) is 0. The Morgan fingerprint density at radius 3 is 2.50 bits per heavy atom. The van der Waals surface area contributed by atoms with E-state index in [1.165, 1.54) is 29.5 Å². The molecule has 4 nitrogen and oxygen atoms in total. The van der Waals surface area contributed by atoms with Gasteiger partial charge in [-0.05, 0) is 86.9 Å². The highest BCUT2D eigenvalue weighted by molar-refractivity contribution is 9.10. The quantitative estimate of drug-likeness (QED) is 0.200. The molecule has 1 N–H and O–H groups in total. The second-order valence-corrected chi connectivity index (χ2v) is 11.1. The van der Waals surface area contributed by atoms with Gasteiger partial charge in [0.05, 0.1) is 10.4 Å². The number of carbonyl (C=O) groups excluding carboxylic acids is 1. The van der Waals surface area contributed by atoms with Crippen molar-refractivity contribution < 1.29 is 13.9 Å². The van der Waals surface area contributed by atoms with Crippen LogP contribution >= 0.6 is 54.8 Å². The maximum Gasteiger partial charge on any atom is 0.258 e. The third kappa shape index (κ3) is 5.62. The van der Waals surface area contributed by atoms with Crippen LogP contribution in [-0.2, 0) is 0 Å². The SMILES string of the molecule is O=C(Nc1ncc(C(Oc2ccc3cc(Br)ccc3c2)c2ccc(Cl)cc2)s1)c1ccc(F)cc1Br. The fourth-order valence-corrected chi connectivity index (χ4v) is 5.54. The van der Waals surface area contributed by atoms with Gasteiger partial charge in [0.2, 0.25) is 0 Å². The number of rotatable bonds is 6. The molecule has 1 heterocycles. The van der Waals surface area contributed by atoms with Crippen molar-refractivity contribution in [1.29, 1.82) is 0 Å². The molecule has 0 aliphatic heterocycles. The molecular formula is C27H16Br2ClFN2O2S. The lowest BCUT2D eigenvalue weighted by Crippen LogP contribution is -2.12. The lowest BCUT2D eigenvalue weighted by atomic mass is 10.1. The molecule has 1 aromatic heterocycles. The number of halogens is 4. The van der Waals surface area contributed by atoms with Crippen LogP contribution < -0.4 is 10.1 Å². The average Bonchev–Trinajstić information content (AvgIpc) is 3.31. The van der Waals surface area contributed by atoms with E-state index in [-0.39, 0.29) is 0 Å². The Kier molecular flexibility index (Phi) is 7.39. The van der Waals surface area contributed by atoms with Crippen LogP contribution in [-0.4, -0.2) is 10.9 Å².